The molecule has 0 aliphatic carbocycles. The summed E-state index contributed by atoms with van der Waals surface area (Å²) >= 11 is 0. The van der Waals surface area contributed by atoms with Crippen molar-refractivity contribution in [2.45, 2.75) is 45.4 Å². The fraction of sp³-hybridized carbons (Fsp3) is 0.350. The van der Waals surface area contributed by atoms with Crippen LogP contribution in [0.4, 0.5) is 0 Å². The first-order valence-corrected chi connectivity index (χ1v) is 7.94. The van der Waals surface area contributed by atoms with E-state index < -0.39 is 5.97 Å². The normalized spacial score (nSPS) is 13.1. The zero-order valence-electron chi connectivity index (χ0n) is 13.5. The van der Waals surface area contributed by atoms with Crippen molar-refractivity contribution in [2.75, 3.05) is 0 Å². The average Bonchev–Trinajstić information content (AvgIpc) is 2.50. The molecule has 2 nitrogen and oxygen atoms in total. The number of rotatable bonds is 12. The van der Waals surface area contributed by atoms with Crippen LogP contribution in [0.15, 0.2) is 72.9 Å². The van der Waals surface area contributed by atoms with Gasteiger partial charge in [0.2, 0.25) is 0 Å². The van der Waals surface area contributed by atoms with Gasteiger partial charge in [0.05, 0.1) is 0 Å². The van der Waals surface area contributed by atoms with E-state index >= 15 is 0 Å². The van der Waals surface area contributed by atoms with Crippen LogP contribution in [0.5, 0.6) is 0 Å². The summed E-state index contributed by atoms with van der Waals surface area (Å²) in [5.74, 6) is -0.723. The second kappa shape index (κ2) is 17.0. The summed E-state index contributed by atoms with van der Waals surface area (Å²) in [5, 5.41) is 8.48. The Balaban J connectivity index is 3.61. The minimum Gasteiger partial charge on any atom is -0.481 e. The highest BCUT2D eigenvalue weighted by atomic mass is 16.4. The number of allylic oxidation sites excluding steroid dienone is 12. The van der Waals surface area contributed by atoms with Crippen molar-refractivity contribution in [2.24, 2.45) is 0 Å². The fourth-order valence-electron chi connectivity index (χ4n) is 1.58. The van der Waals surface area contributed by atoms with Gasteiger partial charge in [-0.15, -0.1) is 0 Å². The van der Waals surface area contributed by atoms with Gasteiger partial charge in [0, 0.05) is 6.42 Å². The SMILES string of the molecule is CC/C=C\C\C=C/C=C/C=C/C=C\C/C=C\CCCC(=O)O. The predicted molar refractivity (Wildman–Crippen MR) is 95.9 cm³/mol. The molecule has 0 saturated heterocycles. The van der Waals surface area contributed by atoms with Crippen LogP contribution in [0.2, 0.25) is 0 Å². The maximum Gasteiger partial charge on any atom is 0.303 e. The van der Waals surface area contributed by atoms with Gasteiger partial charge in [-0.05, 0) is 32.1 Å². The van der Waals surface area contributed by atoms with Crippen molar-refractivity contribution in [3.05, 3.63) is 72.9 Å². The minimum absolute atomic E-state index is 0.249. The molecule has 22 heavy (non-hydrogen) atoms. The van der Waals surface area contributed by atoms with Gasteiger partial charge in [-0.25, -0.2) is 0 Å². The molecule has 0 rings (SSSR count). The maximum atomic E-state index is 10.3. The first-order valence-electron chi connectivity index (χ1n) is 7.94. The van der Waals surface area contributed by atoms with E-state index in [1.807, 2.05) is 42.5 Å². The Morgan fingerprint density at radius 3 is 1.86 bits per heavy atom. The quantitative estimate of drug-likeness (QED) is 0.282. The van der Waals surface area contributed by atoms with E-state index in [-0.39, 0.29) is 6.42 Å². The van der Waals surface area contributed by atoms with E-state index in [0.717, 1.165) is 25.7 Å². The van der Waals surface area contributed by atoms with Gasteiger partial charge in [0.15, 0.2) is 0 Å². The first kappa shape index (κ1) is 19.9. The van der Waals surface area contributed by atoms with E-state index in [2.05, 4.69) is 37.3 Å². The molecule has 0 bridgehead atoms. The number of aliphatic carboxylic acids is 1. The van der Waals surface area contributed by atoms with Crippen molar-refractivity contribution in [3.63, 3.8) is 0 Å². The Bertz CT molecular complexity index is 435. The molecule has 0 radical (unpaired) electrons. The third kappa shape index (κ3) is 17.9. The molecule has 0 atom stereocenters. The van der Waals surface area contributed by atoms with E-state index in [4.69, 9.17) is 5.11 Å². The summed E-state index contributed by atoms with van der Waals surface area (Å²) in [5.41, 5.74) is 0. The standard InChI is InChI=1S/C20H28O2/c1-2-3-4-5-6-7-8-9-10-11-12-13-14-15-16-17-18-19-20(21)22/h3-4,6-13,15-16H,2,5,14,17-19H2,1H3,(H,21,22)/b4-3-,7-6-,9-8+,11-10+,13-12-,16-15-. The minimum atomic E-state index is -0.723. The van der Waals surface area contributed by atoms with Gasteiger partial charge in [-0.3, -0.25) is 4.79 Å². The highest BCUT2D eigenvalue weighted by Crippen LogP contribution is 1.98. The molecule has 2 heteroatoms. The van der Waals surface area contributed by atoms with Crippen LogP contribution in [0.25, 0.3) is 0 Å². The van der Waals surface area contributed by atoms with Gasteiger partial charge in [0.25, 0.3) is 0 Å². The van der Waals surface area contributed by atoms with Crippen LogP contribution in [0, 0.1) is 0 Å². The predicted octanol–water partition coefficient (Wildman–Crippen LogP) is 5.77. The van der Waals surface area contributed by atoms with Crippen molar-refractivity contribution >= 4 is 5.97 Å². The fourth-order valence-corrected chi connectivity index (χ4v) is 1.58. The highest BCUT2D eigenvalue weighted by molar-refractivity contribution is 5.66. The van der Waals surface area contributed by atoms with Crippen LogP contribution in [-0.4, -0.2) is 11.1 Å². The Morgan fingerprint density at radius 1 is 0.773 bits per heavy atom. The Kier molecular flexibility index (Phi) is 15.4. The lowest BCUT2D eigenvalue weighted by Crippen LogP contribution is -1.92. The number of carboxylic acid groups (broad SMARTS) is 1. The van der Waals surface area contributed by atoms with Gasteiger partial charge >= 0.3 is 5.97 Å². The van der Waals surface area contributed by atoms with Crippen LogP contribution in [0.1, 0.15) is 45.4 Å². The Morgan fingerprint density at radius 2 is 1.32 bits per heavy atom. The molecule has 0 aliphatic heterocycles. The molecular formula is C20H28O2. The summed E-state index contributed by atoms with van der Waals surface area (Å²) in [6.07, 6.45) is 29.5. The van der Waals surface area contributed by atoms with Crippen LogP contribution in [-0.2, 0) is 4.79 Å². The van der Waals surface area contributed by atoms with Gasteiger partial charge in [0.1, 0.15) is 0 Å². The van der Waals surface area contributed by atoms with Crippen LogP contribution in [0.3, 0.4) is 0 Å². The van der Waals surface area contributed by atoms with Crippen molar-refractivity contribution in [3.8, 4) is 0 Å². The molecule has 0 amide bonds. The van der Waals surface area contributed by atoms with E-state index in [9.17, 15) is 4.79 Å². The summed E-state index contributed by atoms with van der Waals surface area (Å²) < 4.78 is 0. The average molecular weight is 300 g/mol. The van der Waals surface area contributed by atoms with Gasteiger partial charge < -0.3 is 5.11 Å². The van der Waals surface area contributed by atoms with Crippen LogP contribution < -0.4 is 0 Å². The molecule has 0 aromatic heterocycles. The highest BCUT2D eigenvalue weighted by Gasteiger charge is 1.92. The van der Waals surface area contributed by atoms with E-state index in [0.29, 0.717) is 6.42 Å². The lowest BCUT2D eigenvalue weighted by molar-refractivity contribution is -0.137. The van der Waals surface area contributed by atoms with Crippen molar-refractivity contribution < 1.29 is 9.90 Å². The van der Waals surface area contributed by atoms with Gasteiger partial charge in [-0.1, -0.05) is 79.8 Å². The molecule has 0 spiro atoms. The molecule has 0 fully saturated rings. The lowest BCUT2D eigenvalue weighted by atomic mass is 10.2. The second-order valence-corrected chi connectivity index (χ2v) is 4.73. The zero-order valence-corrected chi connectivity index (χ0v) is 13.5. The van der Waals surface area contributed by atoms with Crippen LogP contribution >= 0.6 is 0 Å². The maximum absolute atomic E-state index is 10.3. The topological polar surface area (TPSA) is 37.3 Å². The summed E-state index contributed by atoms with van der Waals surface area (Å²) in [7, 11) is 0. The van der Waals surface area contributed by atoms with E-state index in [1.54, 1.807) is 0 Å². The number of hydrogen-bond acceptors (Lipinski definition) is 1. The monoisotopic (exact) mass is 300 g/mol. The molecule has 1 N–H and O–H groups in total. The third-order valence-electron chi connectivity index (χ3n) is 2.70. The smallest absolute Gasteiger partial charge is 0.303 e. The molecular weight excluding hydrogens is 272 g/mol. The summed E-state index contributed by atoms with van der Waals surface area (Å²) in [6, 6.07) is 0. The molecule has 0 aromatic rings. The molecule has 120 valence electrons. The van der Waals surface area contributed by atoms with Crippen molar-refractivity contribution in [1.29, 1.82) is 0 Å². The molecule has 0 aliphatic rings. The second-order valence-electron chi connectivity index (χ2n) is 4.73. The summed E-state index contributed by atoms with van der Waals surface area (Å²) in [6.45, 7) is 2.13. The Labute approximate surface area is 134 Å². The Hall–Kier alpha value is -2.09. The van der Waals surface area contributed by atoms with E-state index in [1.165, 1.54) is 0 Å². The number of carboxylic acids is 1. The zero-order chi connectivity index (χ0) is 16.3. The van der Waals surface area contributed by atoms with Gasteiger partial charge in [-0.2, -0.15) is 0 Å². The number of carbonyl (C=O) groups is 1. The molecule has 0 saturated carbocycles. The number of unbranched alkanes of at least 4 members (excludes halogenated alkanes) is 1. The number of hydrogen-bond donors (Lipinski definition) is 1. The largest absolute Gasteiger partial charge is 0.481 e. The van der Waals surface area contributed by atoms with Crippen molar-refractivity contribution in [1.82, 2.24) is 0 Å². The molecule has 0 heterocycles. The molecule has 0 aromatic carbocycles. The first-order chi connectivity index (χ1) is 10.8. The summed E-state index contributed by atoms with van der Waals surface area (Å²) in [4.78, 5) is 10.3. The third-order valence-corrected chi connectivity index (χ3v) is 2.70. The lowest BCUT2D eigenvalue weighted by Gasteiger charge is -1.89. The molecule has 0 unspecified atom stereocenters.